The van der Waals surface area contributed by atoms with Crippen molar-refractivity contribution < 1.29 is 8.42 Å². The average molecular weight is 250 g/mol. The Morgan fingerprint density at radius 1 is 1.35 bits per heavy atom. The number of primary sulfonamides is 1. The minimum atomic E-state index is -4.08. The average Bonchev–Trinajstić information content (AvgIpc) is 2.73. The van der Waals surface area contributed by atoms with E-state index in [1.165, 1.54) is 12.4 Å². The van der Waals surface area contributed by atoms with Crippen LogP contribution in [0, 0.1) is 11.3 Å². The molecule has 2 aromatic rings. The zero-order valence-corrected chi connectivity index (χ0v) is 9.16. The lowest BCUT2D eigenvalue weighted by atomic mass is 10.4. The van der Waals surface area contributed by atoms with Crippen molar-refractivity contribution in [1.82, 2.24) is 19.7 Å². The topological polar surface area (TPSA) is 128 Å². The van der Waals surface area contributed by atoms with Gasteiger partial charge < -0.3 is 0 Å². The predicted molar refractivity (Wildman–Crippen MR) is 55.2 cm³/mol. The molecule has 0 bridgehead atoms. The van der Waals surface area contributed by atoms with Crippen LogP contribution in [0.15, 0.2) is 29.7 Å². The summed E-state index contributed by atoms with van der Waals surface area (Å²) in [6.07, 6.45) is 3.93. The van der Waals surface area contributed by atoms with Crippen LogP contribution in [0.3, 0.4) is 0 Å². The molecule has 0 fully saturated rings. The van der Waals surface area contributed by atoms with Crippen LogP contribution in [0.4, 0.5) is 0 Å². The van der Waals surface area contributed by atoms with Crippen LogP contribution < -0.4 is 5.14 Å². The molecule has 2 N–H and O–H groups in total. The third-order valence-electron chi connectivity index (χ3n) is 1.86. The highest BCUT2D eigenvalue weighted by Crippen LogP contribution is 2.15. The highest BCUT2D eigenvalue weighted by Gasteiger charge is 2.23. The second kappa shape index (κ2) is 3.93. The zero-order chi connectivity index (χ0) is 12.5. The van der Waals surface area contributed by atoms with Gasteiger partial charge in [0, 0.05) is 12.4 Å². The number of nitriles is 1. The molecule has 0 saturated heterocycles. The Hall–Kier alpha value is -2.31. The first-order valence-corrected chi connectivity index (χ1v) is 5.87. The van der Waals surface area contributed by atoms with Gasteiger partial charge in [0.2, 0.25) is 0 Å². The molecule has 0 spiro atoms. The number of aromatic nitrogens is 4. The Balaban J connectivity index is 2.74. The van der Waals surface area contributed by atoms with E-state index in [0.29, 0.717) is 0 Å². The number of sulfonamides is 1. The first kappa shape index (κ1) is 11.2. The van der Waals surface area contributed by atoms with Gasteiger partial charge in [0.05, 0.1) is 6.20 Å². The van der Waals surface area contributed by atoms with Crippen LogP contribution in [0.1, 0.15) is 5.56 Å². The number of hydrogen-bond donors (Lipinski definition) is 1. The normalized spacial score (nSPS) is 11.1. The molecule has 9 heteroatoms. The predicted octanol–water partition coefficient (Wildman–Crippen LogP) is -0.819. The van der Waals surface area contributed by atoms with Crippen LogP contribution in [0.2, 0.25) is 0 Å². The van der Waals surface area contributed by atoms with Crippen LogP contribution in [-0.4, -0.2) is 28.2 Å². The minimum Gasteiger partial charge on any atom is -0.223 e. The Morgan fingerprint density at radius 3 is 2.53 bits per heavy atom. The Kier molecular flexibility index (Phi) is 2.58. The van der Waals surface area contributed by atoms with Gasteiger partial charge in [-0.15, -0.1) is 0 Å². The number of nitrogens with two attached hydrogens (primary N) is 1. The van der Waals surface area contributed by atoms with E-state index in [4.69, 9.17) is 10.4 Å². The van der Waals surface area contributed by atoms with Crippen molar-refractivity contribution in [2.24, 2.45) is 5.14 Å². The summed E-state index contributed by atoms with van der Waals surface area (Å²) in [5.41, 5.74) is -0.153. The fourth-order valence-electron chi connectivity index (χ4n) is 1.23. The zero-order valence-electron chi connectivity index (χ0n) is 8.35. The second-order valence-corrected chi connectivity index (χ2v) is 4.46. The van der Waals surface area contributed by atoms with Gasteiger partial charge in [-0.25, -0.2) is 23.5 Å². The molecule has 0 aromatic carbocycles. The molecule has 0 radical (unpaired) electrons. The number of nitrogens with zero attached hydrogens (tertiary/aromatic N) is 5. The van der Waals surface area contributed by atoms with E-state index in [2.05, 4.69) is 15.1 Å². The van der Waals surface area contributed by atoms with Crippen molar-refractivity contribution in [3.63, 3.8) is 0 Å². The molecular weight excluding hydrogens is 244 g/mol. The maximum Gasteiger partial charge on any atom is 0.257 e. The third kappa shape index (κ3) is 1.99. The summed E-state index contributed by atoms with van der Waals surface area (Å²) in [4.78, 5) is 7.66. The lowest BCUT2D eigenvalue weighted by Gasteiger charge is -2.02. The lowest BCUT2D eigenvalue weighted by Crippen LogP contribution is -2.19. The monoisotopic (exact) mass is 250 g/mol. The molecule has 2 heterocycles. The van der Waals surface area contributed by atoms with E-state index in [9.17, 15) is 8.42 Å². The fraction of sp³-hybridized carbons (Fsp3) is 0. The van der Waals surface area contributed by atoms with Crippen molar-refractivity contribution in [3.05, 3.63) is 30.2 Å². The van der Waals surface area contributed by atoms with Crippen molar-refractivity contribution in [1.29, 1.82) is 5.26 Å². The Morgan fingerprint density at radius 2 is 2.00 bits per heavy atom. The molecule has 0 atom stereocenters. The van der Waals surface area contributed by atoms with Crippen molar-refractivity contribution in [2.75, 3.05) is 0 Å². The lowest BCUT2D eigenvalue weighted by molar-refractivity contribution is 0.584. The second-order valence-electron chi connectivity index (χ2n) is 2.98. The molecule has 2 aromatic heterocycles. The molecule has 0 aliphatic carbocycles. The van der Waals surface area contributed by atoms with E-state index < -0.39 is 15.0 Å². The summed E-state index contributed by atoms with van der Waals surface area (Å²) in [5, 5.41) is 17.1. The minimum absolute atomic E-state index is 0.0259. The van der Waals surface area contributed by atoms with Crippen LogP contribution in [0.5, 0.6) is 0 Å². The quantitative estimate of drug-likeness (QED) is 0.741. The molecule has 8 nitrogen and oxygen atoms in total. The van der Waals surface area contributed by atoms with Crippen molar-refractivity contribution >= 4 is 10.0 Å². The van der Waals surface area contributed by atoms with Gasteiger partial charge in [0.15, 0.2) is 5.03 Å². The molecule has 0 aliphatic heterocycles. The highest BCUT2D eigenvalue weighted by atomic mass is 32.2. The molecule has 0 aliphatic rings. The summed E-state index contributed by atoms with van der Waals surface area (Å²) >= 11 is 0. The summed E-state index contributed by atoms with van der Waals surface area (Å²) in [6, 6.07) is 3.26. The standard InChI is InChI=1S/C8H6N6O2S/c9-4-6-5-13-14(7(6)17(10,15)16)8-11-2-1-3-12-8/h1-3,5H,(H2,10,15,16). The van der Waals surface area contributed by atoms with Gasteiger partial charge >= 0.3 is 0 Å². The van der Waals surface area contributed by atoms with Gasteiger partial charge in [-0.2, -0.15) is 15.0 Å². The van der Waals surface area contributed by atoms with Crippen LogP contribution in [0.25, 0.3) is 5.95 Å². The van der Waals surface area contributed by atoms with E-state index >= 15 is 0 Å². The fourth-order valence-corrected chi connectivity index (χ4v) is 2.01. The molecule has 17 heavy (non-hydrogen) atoms. The molecular formula is C8H6N6O2S. The smallest absolute Gasteiger partial charge is 0.223 e. The number of hydrogen-bond acceptors (Lipinski definition) is 6. The summed E-state index contributed by atoms with van der Waals surface area (Å²) in [6.45, 7) is 0. The van der Waals surface area contributed by atoms with Crippen molar-refractivity contribution in [3.8, 4) is 12.0 Å². The third-order valence-corrected chi connectivity index (χ3v) is 2.79. The Labute approximate surface area is 96.4 Å². The molecule has 0 saturated carbocycles. The molecule has 0 amide bonds. The molecule has 2 rings (SSSR count). The number of rotatable bonds is 2. The van der Waals surface area contributed by atoms with Gasteiger partial charge in [0.1, 0.15) is 11.6 Å². The molecule has 86 valence electrons. The van der Waals surface area contributed by atoms with Gasteiger partial charge in [0.25, 0.3) is 16.0 Å². The summed E-state index contributed by atoms with van der Waals surface area (Å²) in [5.74, 6) is 0.0259. The highest BCUT2D eigenvalue weighted by molar-refractivity contribution is 7.89. The van der Waals surface area contributed by atoms with E-state index in [1.807, 2.05) is 0 Å². The van der Waals surface area contributed by atoms with Gasteiger partial charge in [-0.05, 0) is 6.07 Å². The summed E-state index contributed by atoms with van der Waals surface area (Å²) in [7, 11) is -4.08. The van der Waals surface area contributed by atoms with Crippen molar-refractivity contribution in [2.45, 2.75) is 5.03 Å². The maximum atomic E-state index is 11.4. The summed E-state index contributed by atoms with van der Waals surface area (Å²) < 4.78 is 23.7. The van der Waals surface area contributed by atoms with E-state index in [-0.39, 0.29) is 11.5 Å². The van der Waals surface area contributed by atoms with Crippen LogP contribution in [-0.2, 0) is 10.0 Å². The maximum absolute atomic E-state index is 11.4. The first-order chi connectivity index (χ1) is 8.04. The first-order valence-electron chi connectivity index (χ1n) is 4.32. The Bertz CT molecular complexity index is 685. The van der Waals surface area contributed by atoms with Gasteiger partial charge in [-0.1, -0.05) is 0 Å². The SMILES string of the molecule is N#Cc1cnn(-c2ncccn2)c1S(N)(=O)=O. The van der Waals surface area contributed by atoms with E-state index in [1.54, 1.807) is 12.1 Å². The van der Waals surface area contributed by atoms with Crippen LogP contribution >= 0.6 is 0 Å². The van der Waals surface area contributed by atoms with E-state index in [0.717, 1.165) is 10.9 Å². The largest absolute Gasteiger partial charge is 0.257 e. The van der Waals surface area contributed by atoms with Gasteiger partial charge in [-0.3, -0.25) is 0 Å². The molecule has 0 unspecified atom stereocenters.